The summed E-state index contributed by atoms with van der Waals surface area (Å²) < 4.78 is 1.79. The average Bonchev–Trinajstić information content (AvgIpc) is 2.69. The second-order valence-electron chi connectivity index (χ2n) is 3.60. The number of amides is 1. The highest BCUT2D eigenvalue weighted by Gasteiger charge is 2.13. The van der Waals surface area contributed by atoms with Crippen LogP contribution < -0.4 is 5.73 Å². The molecule has 0 spiro atoms. The van der Waals surface area contributed by atoms with E-state index in [1.54, 1.807) is 10.6 Å². The average molecular weight is 283 g/mol. The first-order valence-electron chi connectivity index (χ1n) is 5.15. The Hall–Kier alpha value is -1.53. The predicted octanol–water partition coefficient (Wildman–Crippen LogP) is 1.71. The lowest BCUT2D eigenvalue weighted by atomic mass is 10.2. The van der Waals surface area contributed by atoms with Crippen molar-refractivity contribution in [3.63, 3.8) is 0 Å². The molecule has 2 N–H and O–H groups in total. The zero-order valence-corrected chi connectivity index (χ0v) is 11.2. The van der Waals surface area contributed by atoms with Gasteiger partial charge in [-0.15, -0.1) is 10.2 Å². The normalized spacial score (nSPS) is 10.6. The molecule has 0 aliphatic carbocycles. The van der Waals surface area contributed by atoms with Crippen LogP contribution in [0, 0.1) is 0 Å². The fourth-order valence-corrected chi connectivity index (χ4v) is 2.32. The van der Waals surface area contributed by atoms with Gasteiger partial charge in [-0.3, -0.25) is 4.79 Å². The van der Waals surface area contributed by atoms with Crippen molar-refractivity contribution >= 4 is 29.3 Å². The van der Waals surface area contributed by atoms with E-state index in [9.17, 15) is 4.79 Å². The van der Waals surface area contributed by atoms with Crippen molar-refractivity contribution in [1.82, 2.24) is 14.8 Å². The molecule has 18 heavy (non-hydrogen) atoms. The topological polar surface area (TPSA) is 73.8 Å². The van der Waals surface area contributed by atoms with Gasteiger partial charge >= 0.3 is 0 Å². The van der Waals surface area contributed by atoms with Crippen LogP contribution >= 0.6 is 23.4 Å². The molecule has 1 aromatic carbocycles. The minimum absolute atomic E-state index is 0.175. The number of halogens is 1. The molecule has 0 bridgehead atoms. The van der Waals surface area contributed by atoms with Gasteiger partial charge in [0.05, 0.1) is 10.8 Å². The fraction of sp³-hybridized carbons (Fsp3) is 0.182. The predicted molar refractivity (Wildman–Crippen MR) is 71.4 cm³/mol. The largest absolute Gasteiger partial charge is 0.369 e. The first-order valence-corrected chi connectivity index (χ1v) is 6.51. The number of thioether (sulfide) groups is 1. The van der Waals surface area contributed by atoms with E-state index in [0.717, 1.165) is 5.56 Å². The Kier molecular flexibility index (Phi) is 3.88. The van der Waals surface area contributed by atoms with Crippen molar-refractivity contribution in [2.75, 3.05) is 5.75 Å². The van der Waals surface area contributed by atoms with Crippen molar-refractivity contribution in [1.29, 1.82) is 0 Å². The molecule has 1 aromatic heterocycles. The van der Waals surface area contributed by atoms with Crippen LogP contribution in [-0.2, 0) is 11.8 Å². The number of primary amides is 1. The van der Waals surface area contributed by atoms with Gasteiger partial charge in [0.15, 0.2) is 11.0 Å². The standard InChI is InChI=1S/C11H11ClN4OS/c1-16-10(7-4-2-3-5-8(7)12)14-15-11(16)18-6-9(13)17/h2-5H,6H2,1H3,(H2,13,17). The van der Waals surface area contributed by atoms with Gasteiger partial charge in [0.1, 0.15) is 0 Å². The Labute approximate surface area is 113 Å². The highest BCUT2D eigenvalue weighted by atomic mass is 35.5. The molecule has 0 unspecified atom stereocenters. The third-order valence-corrected chi connectivity index (χ3v) is 3.67. The maximum absolute atomic E-state index is 10.7. The van der Waals surface area contributed by atoms with E-state index in [-0.39, 0.29) is 11.7 Å². The smallest absolute Gasteiger partial charge is 0.227 e. The zero-order chi connectivity index (χ0) is 13.1. The number of nitrogens with zero attached hydrogens (tertiary/aromatic N) is 3. The lowest BCUT2D eigenvalue weighted by molar-refractivity contribution is -0.115. The van der Waals surface area contributed by atoms with Gasteiger partial charge in [-0.05, 0) is 12.1 Å². The monoisotopic (exact) mass is 282 g/mol. The maximum atomic E-state index is 10.7. The molecule has 0 aliphatic heterocycles. The Morgan fingerprint density at radius 2 is 2.17 bits per heavy atom. The fourth-order valence-electron chi connectivity index (χ4n) is 1.45. The van der Waals surface area contributed by atoms with E-state index in [1.807, 2.05) is 25.2 Å². The van der Waals surface area contributed by atoms with Gasteiger partial charge in [-0.2, -0.15) is 0 Å². The van der Waals surface area contributed by atoms with Crippen LogP contribution in [0.25, 0.3) is 11.4 Å². The van der Waals surface area contributed by atoms with Crippen molar-refractivity contribution in [3.8, 4) is 11.4 Å². The van der Waals surface area contributed by atoms with E-state index in [1.165, 1.54) is 11.8 Å². The molecule has 2 rings (SSSR count). The van der Waals surface area contributed by atoms with Crippen molar-refractivity contribution in [2.24, 2.45) is 12.8 Å². The van der Waals surface area contributed by atoms with Crippen LogP contribution in [0.15, 0.2) is 29.4 Å². The van der Waals surface area contributed by atoms with Crippen molar-refractivity contribution in [2.45, 2.75) is 5.16 Å². The molecule has 1 amide bonds. The number of rotatable bonds is 4. The number of carbonyl (C=O) groups is 1. The number of aromatic nitrogens is 3. The van der Waals surface area contributed by atoms with Gasteiger partial charge < -0.3 is 10.3 Å². The highest BCUT2D eigenvalue weighted by molar-refractivity contribution is 7.99. The van der Waals surface area contributed by atoms with Gasteiger partial charge in [0, 0.05) is 12.6 Å². The lowest BCUT2D eigenvalue weighted by Crippen LogP contribution is -2.13. The van der Waals surface area contributed by atoms with Gasteiger partial charge in [-0.25, -0.2) is 0 Å². The highest BCUT2D eigenvalue weighted by Crippen LogP contribution is 2.27. The molecule has 0 fully saturated rings. The minimum Gasteiger partial charge on any atom is -0.369 e. The number of carbonyl (C=O) groups excluding carboxylic acids is 1. The van der Waals surface area contributed by atoms with E-state index < -0.39 is 0 Å². The summed E-state index contributed by atoms with van der Waals surface area (Å²) in [6.45, 7) is 0. The Morgan fingerprint density at radius 3 is 2.83 bits per heavy atom. The molecule has 5 nitrogen and oxygen atoms in total. The zero-order valence-electron chi connectivity index (χ0n) is 9.63. The molecule has 0 radical (unpaired) electrons. The Morgan fingerprint density at radius 1 is 1.44 bits per heavy atom. The number of hydrogen-bond donors (Lipinski definition) is 1. The molecular formula is C11H11ClN4OS. The summed E-state index contributed by atoms with van der Waals surface area (Å²) in [5.41, 5.74) is 5.90. The van der Waals surface area contributed by atoms with Crippen LogP contribution in [0.3, 0.4) is 0 Å². The molecule has 0 atom stereocenters. The number of nitrogens with two attached hydrogens (primary N) is 1. The maximum Gasteiger partial charge on any atom is 0.227 e. The van der Waals surface area contributed by atoms with Crippen LogP contribution in [0.2, 0.25) is 5.02 Å². The molecule has 7 heteroatoms. The SMILES string of the molecule is Cn1c(SCC(N)=O)nnc1-c1ccccc1Cl. The Bertz CT molecular complexity index is 584. The summed E-state index contributed by atoms with van der Waals surface area (Å²) in [4.78, 5) is 10.7. The summed E-state index contributed by atoms with van der Waals surface area (Å²) in [5, 5.41) is 9.33. The third kappa shape index (κ3) is 2.65. The summed E-state index contributed by atoms with van der Waals surface area (Å²) in [6.07, 6.45) is 0. The van der Waals surface area contributed by atoms with Gasteiger partial charge in [0.25, 0.3) is 0 Å². The number of benzene rings is 1. The quantitative estimate of drug-likeness (QED) is 0.867. The third-order valence-electron chi connectivity index (χ3n) is 2.29. The summed E-state index contributed by atoms with van der Waals surface area (Å²) in [7, 11) is 1.82. The molecule has 0 aliphatic rings. The van der Waals surface area contributed by atoms with Crippen LogP contribution in [0.4, 0.5) is 0 Å². The van der Waals surface area contributed by atoms with E-state index in [4.69, 9.17) is 17.3 Å². The van der Waals surface area contributed by atoms with E-state index in [2.05, 4.69) is 10.2 Å². The lowest BCUT2D eigenvalue weighted by Gasteiger charge is -2.04. The van der Waals surface area contributed by atoms with Crippen LogP contribution in [0.5, 0.6) is 0 Å². The first kappa shape index (κ1) is 12.9. The molecule has 94 valence electrons. The number of hydrogen-bond acceptors (Lipinski definition) is 4. The molecule has 2 aromatic rings. The van der Waals surface area contributed by atoms with Gasteiger partial charge in [-0.1, -0.05) is 35.5 Å². The second-order valence-corrected chi connectivity index (χ2v) is 4.95. The molecule has 0 saturated heterocycles. The minimum atomic E-state index is -0.387. The molecular weight excluding hydrogens is 272 g/mol. The van der Waals surface area contributed by atoms with Crippen molar-refractivity contribution < 1.29 is 4.79 Å². The van der Waals surface area contributed by atoms with Crippen LogP contribution in [-0.4, -0.2) is 26.4 Å². The van der Waals surface area contributed by atoms with E-state index in [0.29, 0.717) is 16.0 Å². The second kappa shape index (κ2) is 5.41. The molecule has 0 saturated carbocycles. The Balaban J connectivity index is 2.31. The van der Waals surface area contributed by atoms with E-state index >= 15 is 0 Å². The summed E-state index contributed by atoms with van der Waals surface area (Å²) >= 11 is 7.35. The first-order chi connectivity index (χ1) is 8.59. The van der Waals surface area contributed by atoms with Gasteiger partial charge in [0.2, 0.25) is 5.91 Å². The summed E-state index contributed by atoms with van der Waals surface area (Å²) in [5.74, 6) is 0.448. The summed E-state index contributed by atoms with van der Waals surface area (Å²) in [6, 6.07) is 7.40. The van der Waals surface area contributed by atoms with Crippen molar-refractivity contribution in [3.05, 3.63) is 29.3 Å². The van der Waals surface area contributed by atoms with Crippen LogP contribution in [0.1, 0.15) is 0 Å². The molecule has 1 heterocycles.